The summed E-state index contributed by atoms with van der Waals surface area (Å²) in [4.78, 5) is 23.6. The molecular weight excluding hydrogens is 260 g/mol. The van der Waals surface area contributed by atoms with Crippen LogP contribution in [0.3, 0.4) is 0 Å². The van der Waals surface area contributed by atoms with Crippen LogP contribution in [0, 0.1) is 5.92 Å². The highest BCUT2D eigenvalue weighted by molar-refractivity contribution is 5.95. The monoisotopic (exact) mass is 274 g/mol. The van der Waals surface area contributed by atoms with Gasteiger partial charge in [0.25, 0.3) is 0 Å². The Morgan fingerprint density at radius 2 is 2.10 bits per heavy atom. The van der Waals surface area contributed by atoms with Gasteiger partial charge in [-0.3, -0.25) is 0 Å². The van der Waals surface area contributed by atoms with Gasteiger partial charge in [0.15, 0.2) is 0 Å². The average molecular weight is 274 g/mol. The lowest BCUT2D eigenvalue weighted by molar-refractivity contribution is -0.142. The summed E-state index contributed by atoms with van der Waals surface area (Å²) in [7, 11) is 0. The molecule has 2 fully saturated rings. The minimum absolute atomic E-state index is 0.0541. The van der Waals surface area contributed by atoms with Crippen LogP contribution in [0.4, 0.5) is 0 Å². The van der Waals surface area contributed by atoms with Gasteiger partial charge in [0, 0.05) is 12.0 Å². The van der Waals surface area contributed by atoms with Crippen molar-refractivity contribution in [3.63, 3.8) is 0 Å². The zero-order valence-electron chi connectivity index (χ0n) is 11.0. The number of carbonyl (C=O) groups excluding carboxylic acids is 2. The molecule has 3 aliphatic heterocycles. The summed E-state index contributed by atoms with van der Waals surface area (Å²) in [6.07, 6.45) is 5.03. The average Bonchev–Trinajstić information content (AvgIpc) is 2.74. The van der Waals surface area contributed by atoms with Crippen LogP contribution in [0.25, 0.3) is 0 Å². The van der Waals surface area contributed by atoms with E-state index in [2.05, 4.69) is 6.58 Å². The zero-order valence-corrected chi connectivity index (χ0v) is 11.0. The number of ether oxygens (including phenoxy) is 3. The molecule has 0 N–H and O–H groups in total. The molecule has 5 atom stereocenters. The van der Waals surface area contributed by atoms with Gasteiger partial charge in [-0.2, -0.15) is 0 Å². The number of rotatable bonds is 0. The molecule has 0 amide bonds. The third-order valence-corrected chi connectivity index (χ3v) is 4.50. The molecule has 2 bridgehead atoms. The Labute approximate surface area is 115 Å². The van der Waals surface area contributed by atoms with Crippen molar-refractivity contribution in [3.8, 4) is 0 Å². The first-order chi connectivity index (χ1) is 9.48. The van der Waals surface area contributed by atoms with E-state index in [0.717, 1.165) is 0 Å². The van der Waals surface area contributed by atoms with Gasteiger partial charge in [-0.25, -0.2) is 9.59 Å². The first kappa shape index (κ1) is 11.9. The highest BCUT2D eigenvalue weighted by Gasteiger charge is 2.57. The summed E-state index contributed by atoms with van der Waals surface area (Å²) in [5.74, 6) is -1.11. The molecule has 0 aromatic heterocycles. The minimum atomic E-state index is -0.481. The van der Waals surface area contributed by atoms with Crippen LogP contribution in [0.15, 0.2) is 36.0 Å². The predicted octanol–water partition coefficient (Wildman–Crippen LogP) is 1.05. The van der Waals surface area contributed by atoms with E-state index in [9.17, 15) is 9.59 Å². The van der Waals surface area contributed by atoms with Crippen LogP contribution in [0.5, 0.6) is 0 Å². The molecule has 20 heavy (non-hydrogen) atoms. The summed E-state index contributed by atoms with van der Waals surface area (Å²) < 4.78 is 16.4. The van der Waals surface area contributed by atoms with Crippen molar-refractivity contribution in [2.75, 3.05) is 0 Å². The van der Waals surface area contributed by atoms with Gasteiger partial charge in [0.05, 0.1) is 17.1 Å². The largest absolute Gasteiger partial charge is 0.458 e. The second-order valence-corrected chi connectivity index (χ2v) is 5.90. The number of hydrogen-bond acceptors (Lipinski definition) is 5. The normalized spacial score (nSPS) is 45.2. The molecule has 0 saturated carbocycles. The fourth-order valence-corrected chi connectivity index (χ4v) is 3.25. The van der Waals surface area contributed by atoms with Crippen LogP contribution >= 0.6 is 0 Å². The molecule has 3 heterocycles. The maximum absolute atomic E-state index is 11.8. The maximum Gasteiger partial charge on any atom is 0.338 e. The summed E-state index contributed by atoms with van der Waals surface area (Å²) in [6.45, 7) is 5.78. The second kappa shape index (κ2) is 3.61. The molecule has 0 radical (unpaired) electrons. The molecule has 0 aromatic carbocycles. The van der Waals surface area contributed by atoms with E-state index in [-0.39, 0.29) is 29.7 Å². The first-order valence-electron chi connectivity index (χ1n) is 6.66. The first-order valence-corrected chi connectivity index (χ1v) is 6.66. The van der Waals surface area contributed by atoms with Gasteiger partial charge >= 0.3 is 11.9 Å². The Hall–Kier alpha value is -1.88. The molecule has 5 heteroatoms. The predicted molar refractivity (Wildman–Crippen MR) is 67.5 cm³/mol. The van der Waals surface area contributed by atoms with E-state index in [1.807, 2.05) is 13.0 Å². The van der Waals surface area contributed by atoms with Gasteiger partial charge in [0.1, 0.15) is 18.3 Å². The molecule has 104 valence electrons. The third kappa shape index (κ3) is 1.53. The highest BCUT2D eigenvalue weighted by atomic mass is 16.6. The SMILES string of the molecule is C=C1C(=O)OC2CC3(C)OC3C=CC3=CC(OC3=O)C12. The fourth-order valence-electron chi connectivity index (χ4n) is 3.25. The number of epoxide rings is 1. The quantitative estimate of drug-likeness (QED) is 0.375. The van der Waals surface area contributed by atoms with E-state index in [0.29, 0.717) is 17.6 Å². The lowest BCUT2D eigenvalue weighted by atomic mass is 9.84. The van der Waals surface area contributed by atoms with Crippen LogP contribution in [-0.2, 0) is 23.8 Å². The number of esters is 2. The Bertz CT molecular complexity index is 601. The van der Waals surface area contributed by atoms with Crippen LogP contribution in [0.2, 0.25) is 0 Å². The van der Waals surface area contributed by atoms with E-state index >= 15 is 0 Å². The molecule has 5 unspecified atom stereocenters. The molecule has 0 aromatic rings. The zero-order chi connectivity index (χ0) is 14.1. The summed E-state index contributed by atoms with van der Waals surface area (Å²) in [6, 6.07) is 0. The Morgan fingerprint density at radius 1 is 1.30 bits per heavy atom. The smallest absolute Gasteiger partial charge is 0.338 e. The molecule has 4 rings (SSSR count). The van der Waals surface area contributed by atoms with E-state index in [4.69, 9.17) is 14.2 Å². The van der Waals surface area contributed by atoms with Crippen molar-refractivity contribution in [1.29, 1.82) is 0 Å². The van der Waals surface area contributed by atoms with Gasteiger partial charge in [0.2, 0.25) is 0 Å². The summed E-state index contributed by atoms with van der Waals surface area (Å²) in [5.41, 5.74) is 0.529. The van der Waals surface area contributed by atoms with Crippen molar-refractivity contribution in [1.82, 2.24) is 0 Å². The third-order valence-electron chi connectivity index (χ3n) is 4.50. The standard InChI is InChI=1S/C15H14O5/c1-7-12-9-5-8(14(17)18-9)3-4-11-15(2,20-11)6-10(12)19-13(7)16/h3-5,9-12H,1,6H2,2H3. The number of hydrogen-bond donors (Lipinski definition) is 0. The number of carbonyl (C=O) groups is 2. The molecular formula is C15H14O5. The Kier molecular flexibility index (Phi) is 2.15. The number of fused-ring (bicyclic) bond motifs is 4. The molecule has 2 saturated heterocycles. The summed E-state index contributed by atoms with van der Waals surface area (Å²) in [5, 5.41) is 0. The van der Waals surface area contributed by atoms with Gasteiger partial charge in [-0.05, 0) is 19.1 Å². The van der Waals surface area contributed by atoms with Crippen LogP contribution in [0.1, 0.15) is 13.3 Å². The van der Waals surface area contributed by atoms with Gasteiger partial charge in [-0.15, -0.1) is 0 Å². The van der Waals surface area contributed by atoms with E-state index in [1.54, 1.807) is 12.2 Å². The van der Waals surface area contributed by atoms with Crippen molar-refractivity contribution < 1.29 is 23.8 Å². The van der Waals surface area contributed by atoms with Crippen LogP contribution in [-0.4, -0.2) is 35.9 Å². The van der Waals surface area contributed by atoms with Gasteiger partial charge in [-0.1, -0.05) is 12.7 Å². The van der Waals surface area contributed by atoms with Crippen molar-refractivity contribution in [3.05, 3.63) is 36.0 Å². The fraction of sp³-hybridized carbons (Fsp3) is 0.467. The maximum atomic E-state index is 11.8. The van der Waals surface area contributed by atoms with Crippen molar-refractivity contribution >= 4 is 11.9 Å². The lowest BCUT2D eigenvalue weighted by Crippen LogP contribution is -2.32. The second-order valence-electron chi connectivity index (χ2n) is 5.90. The lowest BCUT2D eigenvalue weighted by Gasteiger charge is -2.23. The van der Waals surface area contributed by atoms with Crippen molar-refractivity contribution in [2.24, 2.45) is 5.92 Å². The van der Waals surface area contributed by atoms with Crippen LogP contribution < -0.4 is 0 Å². The summed E-state index contributed by atoms with van der Waals surface area (Å²) >= 11 is 0. The molecule has 5 nitrogen and oxygen atoms in total. The Morgan fingerprint density at radius 3 is 2.90 bits per heavy atom. The van der Waals surface area contributed by atoms with E-state index < -0.39 is 12.1 Å². The Balaban J connectivity index is 1.77. The van der Waals surface area contributed by atoms with Gasteiger partial charge < -0.3 is 14.2 Å². The highest BCUT2D eigenvalue weighted by Crippen LogP contribution is 2.47. The molecule has 4 aliphatic rings. The van der Waals surface area contributed by atoms with E-state index in [1.165, 1.54) is 0 Å². The topological polar surface area (TPSA) is 65.1 Å². The molecule has 0 spiro atoms. The minimum Gasteiger partial charge on any atom is -0.458 e. The van der Waals surface area contributed by atoms with Crippen molar-refractivity contribution in [2.45, 2.75) is 37.3 Å². The molecule has 1 aliphatic carbocycles.